The highest BCUT2D eigenvalue weighted by Crippen LogP contribution is 2.66. The Morgan fingerprint density at radius 3 is 2.82 bits per heavy atom. The average Bonchev–Trinajstić information content (AvgIpc) is 2.61. The quantitative estimate of drug-likeness (QED) is 0.752. The third kappa shape index (κ3) is 1.36. The molecule has 2 saturated carbocycles. The Hall–Kier alpha value is -0.790. The highest BCUT2D eigenvalue weighted by atomic mass is 16.4. The Morgan fingerprint density at radius 1 is 1.35 bits per heavy atom. The van der Waals surface area contributed by atoms with Gasteiger partial charge in [-0.2, -0.15) is 0 Å². The van der Waals surface area contributed by atoms with Crippen molar-refractivity contribution in [1.82, 2.24) is 0 Å². The first-order valence-corrected chi connectivity index (χ1v) is 6.91. The molecule has 0 heterocycles. The van der Waals surface area contributed by atoms with Crippen LogP contribution >= 0.6 is 0 Å². The minimum atomic E-state index is -0.672. The van der Waals surface area contributed by atoms with E-state index in [4.69, 9.17) is 0 Å². The first-order valence-electron chi connectivity index (χ1n) is 6.91. The van der Waals surface area contributed by atoms with Crippen molar-refractivity contribution in [3.63, 3.8) is 0 Å². The van der Waals surface area contributed by atoms with Crippen LogP contribution in [0.5, 0.6) is 0 Å². The summed E-state index contributed by atoms with van der Waals surface area (Å²) in [5.74, 6) is 0.186. The maximum Gasteiger partial charge on any atom is 0.331 e. The van der Waals surface area contributed by atoms with Crippen LogP contribution in [0, 0.1) is 22.7 Å². The van der Waals surface area contributed by atoms with Crippen molar-refractivity contribution < 1.29 is 9.90 Å². The van der Waals surface area contributed by atoms with Crippen molar-refractivity contribution in [2.75, 3.05) is 0 Å². The predicted molar refractivity (Wildman–Crippen MR) is 66.6 cm³/mol. The van der Waals surface area contributed by atoms with Gasteiger partial charge in [-0.1, -0.05) is 26.3 Å². The SMILES string of the molecule is CC1(C)CCC[C@@H]2C=C(C(=O)O)[C@@H]3CC[C@@]21C3. The van der Waals surface area contributed by atoms with E-state index in [2.05, 4.69) is 19.9 Å². The number of fused-ring (bicyclic) bond motifs is 1. The number of hydrogen-bond acceptors (Lipinski definition) is 1. The summed E-state index contributed by atoms with van der Waals surface area (Å²) >= 11 is 0. The molecule has 0 radical (unpaired) electrons. The molecule has 0 aromatic carbocycles. The third-order valence-electron chi connectivity index (χ3n) is 5.99. The van der Waals surface area contributed by atoms with Crippen LogP contribution in [0.15, 0.2) is 11.6 Å². The second-order valence-electron chi connectivity index (χ2n) is 6.91. The van der Waals surface area contributed by atoms with Crippen molar-refractivity contribution in [2.45, 2.75) is 52.4 Å². The van der Waals surface area contributed by atoms with Gasteiger partial charge >= 0.3 is 5.97 Å². The lowest BCUT2D eigenvalue weighted by Crippen LogP contribution is -2.46. The molecule has 0 aromatic heterocycles. The van der Waals surface area contributed by atoms with Crippen molar-refractivity contribution in [3.8, 4) is 0 Å². The molecule has 0 unspecified atom stereocenters. The van der Waals surface area contributed by atoms with E-state index < -0.39 is 5.97 Å². The molecular weight excluding hydrogens is 212 g/mol. The largest absolute Gasteiger partial charge is 0.478 e. The van der Waals surface area contributed by atoms with Gasteiger partial charge in [0.2, 0.25) is 0 Å². The number of allylic oxidation sites excluding steroid dienone is 1. The van der Waals surface area contributed by atoms with Crippen LogP contribution in [-0.4, -0.2) is 11.1 Å². The normalized spacial score (nSPS) is 42.8. The van der Waals surface area contributed by atoms with Gasteiger partial charge in [-0.3, -0.25) is 0 Å². The number of carboxylic acids is 1. The zero-order chi connectivity index (χ0) is 12.3. The highest BCUT2D eigenvalue weighted by Gasteiger charge is 2.58. The smallest absolute Gasteiger partial charge is 0.331 e. The molecule has 2 fully saturated rings. The molecule has 2 heteroatoms. The molecule has 2 bridgehead atoms. The molecule has 0 saturated heterocycles. The summed E-state index contributed by atoms with van der Waals surface area (Å²) in [5.41, 5.74) is 1.53. The molecule has 0 amide bonds. The number of hydrogen-bond donors (Lipinski definition) is 1. The summed E-state index contributed by atoms with van der Waals surface area (Å²) in [6.07, 6.45) is 9.36. The predicted octanol–water partition coefficient (Wildman–Crippen LogP) is 3.62. The summed E-state index contributed by atoms with van der Waals surface area (Å²) in [7, 11) is 0. The molecule has 0 aliphatic heterocycles. The van der Waals surface area contributed by atoms with Crippen LogP contribution in [0.3, 0.4) is 0 Å². The first kappa shape index (κ1) is 11.3. The minimum absolute atomic E-state index is 0.334. The van der Waals surface area contributed by atoms with E-state index in [9.17, 15) is 9.90 Å². The fourth-order valence-electron chi connectivity index (χ4n) is 4.93. The molecule has 3 rings (SSSR count). The van der Waals surface area contributed by atoms with Gasteiger partial charge < -0.3 is 5.11 Å². The van der Waals surface area contributed by atoms with E-state index in [1.54, 1.807) is 0 Å². The Kier molecular flexibility index (Phi) is 2.24. The topological polar surface area (TPSA) is 37.3 Å². The highest BCUT2D eigenvalue weighted by molar-refractivity contribution is 5.87. The average molecular weight is 234 g/mol. The summed E-state index contributed by atoms with van der Waals surface area (Å²) in [6.45, 7) is 4.81. The zero-order valence-corrected chi connectivity index (χ0v) is 10.8. The zero-order valence-electron chi connectivity index (χ0n) is 10.8. The molecule has 1 N–H and O–H groups in total. The van der Waals surface area contributed by atoms with Gasteiger partial charge in [0.25, 0.3) is 0 Å². The fourth-order valence-corrected chi connectivity index (χ4v) is 4.93. The number of rotatable bonds is 1. The summed E-state index contributed by atoms with van der Waals surface area (Å²) < 4.78 is 0. The maximum absolute atomic E-state index is 11.3. The lowest BCUT2D eigenvalue weighted by Gasteiger charge is -2.54. The minimum Gasteiger partial charge on any atom is -0.478 e. The van der Waals surface area contributed by atoms with E-state index in [1.807, 2.05) is 0 Å². The number of aliphatic carboxylic acids is 1. The van der Waals surface area contributed by atoms with Crippen LogP contribution < -0.4 is 0 Å². The van der Waals surface area contributed by atoms with Crippen molar-refractivity contribution >= 4 is 5.97 Å². The molecule has 17 heavy (non-hydrogen) atoms. The Labute approximate surface area is 103 Å². The van der Waals surface area contributed by atoms with Gasteiger partial charge in [0, 0.05) is 5.57 Å². The maximum atomic E-state index is 11.3. The van der Waals surface area contributed by atoms with Crippen molar-refractivity contribution in [2.24, 2.45) is 22.7 Å². The second kappa shape index (κ2) is 3.37. The van der Waals surface area contributed by atoms with Crippen molar-refractivity contribution in [3.05, 3.63) is 11.6 Å². The molecule has 2 nitrogen and oxygen atoms in total. The molecule has 3 atom stereocenters. The van der Waals surface area contributed by atoms with E-state index in [0.717, 1.165) is 18.4 Å². The van der Waals surface area contributed by atoms with Crippen molar-refractivity contribution in [1.29, 1.82) is 0 Å². The van der Waals surface area contributed by atoms with Gasteiger partial charge in [0.05, 0.1) is 0 Å². The summed E-state index contributed by atoms with van der Waals surface area (Å²) in [5, 5.41) is 9.31. The van der Waals surface area contributed by atoms with Crippen LogP contribution in [0.4, 0.5) is 0 Å². The standard InChI is InChI=1S/C15H22O2/c1-14(2)6-3-4-11-8-12(13(16)17)10-5-7-15(11,14)9-10/h8,10-11H,3-7,9H2,1-2H3,(H,16,17)/t10-,11-,15-/m1/s1. The Morgan fingerprint density at radius 2 is 2.12 bits per heavy atom. The van der Waals surface area contributed by atoms with Crippen LogP contribution in [0.1, 0.15) is 52.4 Å². The Balaban J connectivity index is 2.05. The van der Waals surface area contributed by atoms with Gasteiger partial charge in [-0.25, -0.2) is 4.79 Å². The van der Waals surface area contributed by atoms with E-state index in [-0.39, 0.29) is 0 Å². The summed E-state index contributed by atoms with van der Waals surface area (Å²) in [6, 6.07) is 0. The monoisotopic (exact) mass is 234 g/mol. The first-order chi connectivity index (χ1) is 7.96. The molecule has 1 spiro atoms. The van der Waals surface area contributed by atoms with Gasteiger partial charge in [-0.15, -0.1) is 0 Å². The van der Waals surface area contributed by atoms with Gasteiger partial charge in [0.1, 0.15) is 0 Å². The van der Waals surface area contributed by atoms with Crippen LogP contribution in [0.2, 0.25) is 0 Å². The third-order valence-corrected chi connectivity index (χ3v) is 5.99. The van der Waals surface area contributed by atoms with E-state index in [1.165, 1.54) is 25.7 Å². The van der Waals surface area contributed by atoms with Gasteiger partial charge in [-0.05, 0) is 54.8 Å². The fraction of sp³-hybridized carbons (Fsp3) is 0.800. The number of carboxylic acid groups (broad SMARTS) is 1. The molecule has 0 aromatic rings. The Bertz CT molecular complexity index is 394. The molecule has 3 aliphatic carbocycles. The molecule has 3 aliphatic rings. The van der Waals surface area contributed by atoms with Crippen LogP contribution in [0.25, 0.3) is 0 Å². The van der Waals surface area contributed by atoms with Crippen LogP contribution in [-0.2, 0) is 4.79 Å². The molecular formula is C15H22O2. The lowest BCUT2D eigenvalue weighted by molar-refractivity contribution is -0.133. The summed E-state index contributed by atoms with van der Waals surface area (Å²) in [4.78, 5) is 11.3. The number of carbonyl (C=O) groups is 1. The van der Waals surface area contributed by atoms with E-state index >= 15 is 0 Å². The van der Waals surface area contributed by atoms with Gasteiger partial charge in [0.15, 0.2) is 0 Å². The second-order valence-corrected chi connectivity index (χ2v) is 6.91. The molecule has 94 valence electrons. The van der Waals surface area contributed by atoms with E-state index in [0.29, 0.717) is 22.7 Å². The lowest BCUT2D eigenvalue weighted by atomic mass is 9.50.